The summed E-state index contributed by atoms with van der Waals surface area (Å²) in [6, 6.07) is 0. The number of imidazole rings is 1. The van der Waals surface area contributed by atoms with Crippen LogP contribution in [0, 0.1) is 0 Å². The van der Waals surface area contributed by atoms with Crippen LogP contribution >= 0.6 is 0 Å². The Balaban J connectivity index is 1.32. The molecule has 2 saturated heterocycles. The summed E-state index contributed by atoms with van der Waals surface area (Å²) >= 11 is 0. The van der Waals surface area contributed by atoms with Gasteiger partial charge in [0, 0.05) is 57.6 Å². The highest BCUT2D eigenvalue weighted by Gasteiger charge is 2.26. The Labute approximate surface area is 155 Å². The van der Waals surface area contributed by atoms with Crippen molar-refractivity contribution < 1.29 is 0 Å². The summed E-state index contributed by atoms with van der Waals surface area (Å²) in [4.78, 5) is 14.7. The second-order valence-corrected chi connectivity index (χ2v) is 7.74. The molecule has 8 heteroatoms. The van der Waals surface area contributed by atoms with Gasteiger partial charge in [0.25, 0.3) is 0 Å². The SMILES string of the molecule is CN1CCN(Cc2nnc(C3CCN(Cc4cnc[nH]4)CC3)n2C)CC1. The largest absolute Gasteiger partial charge is 0.347 e. The fourth-order valence-corrected chi connectivity index (χ4v) is 4.04. The molecule has 0 bridgehead atoms. The van der Waals surface area contributed by atoms with Crippen LogP contribution in [0.25, 0.3) is 0 Å². The molecule has 8 nitrogen and oxygen atoms in total. The lowest BCUT2D eigenvalue weighted by molar-refractivity contribution is 0.144. The van der Waals surface area contributed by atoms with Crippen molar-refractivity contribution in [1.82, 2.24) is 39.4 Å². The highest BCUT2D eigenvalue weighted by Crippen LogP contribution is 2.27. The molecule has 142 valence electrons. The summed E-state index contributed by atoms with van der Waals surface area (Å²) in [6.07, 6.45) is 5.96. The molecule has 0 aliphatic carbocycles. The van der Waals surface area contributed by atoms with Crippen molar-refractivity contribution in [2.75, 3.05) is 46.3 Å². The van der Waals surface area contributed by atoms with Crippen molar-refractivity contribution in [3.63, 3.8) is 0 Å². The molecule has 0 unspecified atom stereocenters. The molecule has 1 N–H and O–H groups in total. The van der Waals surface area contributed by atoms with Crippen LogP contribution in [-0.4, -0.2) is 85.7 Å². The smallest absolute Gasteiger partial charge is 0.146 e. The number of piperazine rings is 1. The Morgan fingerprint density at radius 1 is 0.962 bits per heavy atom. The molecule has 0 radical (unpaired) electrons. The van der Waals surface area contributed by atoms with Gasteiger partial charge < -0.3 is 14.5 Å². The van der Waals surface area contributed by atoms with Crippen LogP contribution in [0.2, 0.25) is 0 Å². The Bertz CT molecular complexity index is 678. The van der Waals surface area contributed by atoms with Crippen LogP contribution in [0.15, 0.2) is 12.5 Å². The van der Waals surface area contributed by atoms with Crippen molar-refractivity contribution in [1.29, 1.82) is 0 Å². The van der Waals surface area contributed by atoms with Crippen LogP contribution in [0.4, 0.5) is 0 Å². The molecule has 0 amide bonds. The van der Waals surface area contributed by atoms with Crippen molar-refractivity contribution in [3.05, 3.63) is 29.9 Å². The fraction of sp³-hybridized carbons (Fsp3) is 0.722. The minimum Gasteiger partial charge on any atom is -0.347 e. The van der Waals surface area contributed by atoms with E-state index in [9.17, 15) is 0 Å². The number of hydrogen-bond acceptors (Lipinski definition) is 6. The number of likely N-dealkylation sites (tertiary alicyclic amines) is 1. The van der Waals surface area contributed by atoms with Gasteiger partial charge in [-0.2, -0.15) is 0 Å². The number of aromatic nitrogens is 5. The normalized spacial score (nSPS) is 21.5. The highest BCUT2D eigenvalue weighted by molar-refractivity contribution is 5.04. The van der Waals surface area contributed by atoms with Gasteiger partial charge in [0.1, 0.15) is 11.6 Å². The van der Waals surface area contributed by atoms with E-state index in [2.05, 4.69) is 53.5 Å². The predicted octanol–water partition coefficient (Wildman–Crippen LogP) is 0.665. The third kappa shape index (κ3) is 3.97. The lowest BCUT2D eigenvalue weighted by atomic mass is 9.96. The first-order valence-corrected chi connectivity index (χ1v) is 9.67. The monoisotopic (exact) mass is 358 g/mol. The molecule has 2 fully saturated rings. The molecule has 26 heavy (non-hydrogen) atoms. The van der Waals surface area contributed by atoms with Crippen LogP contribution < -0.4 is 0 Å². The maximum atomic E-state index is 4.56. The van der Waals surface area contributed by atoms with Gasteiger partial charge in [-0.05, 0) is 33.0 Å². The average molecular weight is 358 g/mol. The van der Waals surface area contributed by atoms with Crippen LogP contribution in [-0.2, 0) is 20.1 Å². The van der Waals surface area contributed by atoms with Gasteiger partial charge in [0.05, 0.1) is 12.9 Å². The summed E-state index contributed by atoms with van der Waals surface area (Å²) in [7, 11) is 4.33. The number of piperidine rings is 1. The van der Waals surface area contributed by atoms with Gasteiger partial charge in [-0.15, -0.1) is 10.2 Å². The van der Waals surface area contributed by atoms with E-state index in [0.29, 0.717) is 5.92 Å². The van der Waals surface area contributed by atoms with E-state index in [1.165, 1.54) is 5.69 Å². The number of H-pyrrole nitrogens is 1. The first kappa shape index (κ1) is 17.6. The Morgan fingerprint density at radius 2 is 1.69 bits per heavy atom. The van der Waals surface area contributed by atoms with Crippen LogP contribution in [0.1, 0.15) is 36.1 Å². The maximum Gasteiger partial charge on any atom is 0.146 e. The topological polar surface area (TPSA) is 69.1 Å². The van der Waals surface area contributed by atoms with Gasteiger partial charge in [0.15, 0.2) is 0 Å². The molecule has 0 aromatic carbocycles. The quantitative estimate of drug-likeness (QED) is 0.847. The predicted molar refractivity (Wildman–Crippen MR) is 99.6 cm³/mol. The Kier molecular flexibility index (Phi) is 5.33. The second kappa shape index (κ2) is 7.85. The van der Waals surface area contributed by atoms with Gasteiger partial charge in [-0.25, -0.2) is 4.98 Å². The summed E-state index contributed by atoms with van der Waals surface area (Å²) in [5.74, 6) is 2.78. The standard InChI is InChI=1S/C18H30N8/c1-23-7-9-26(10-8-23)13-17-21-22-18(24(17)2)15-3-5-25(6-4-15)12-16-11-19-14-20-16/h11,14-15H,3-10,12-13H2,1-2H3,(H,19,20). The van der Waals surface area contributed by atoms with Gasteiger partial charge in [0.2, 0.25) is 0 Å². The van der Waals surface area contributed by atoms with E-state index < -0.39 is 0 Å². The number of aromatic amines is 1. The lowest BCUT2D eigenvalue weighted by Crippen LogP contribution is -2.44. The maximum absolute atomic E-state index is 4.56. The molecule has 2 aromatic rings. The third-order valence-corrected chi connectivity index (χ3v) is 5.86. The molecule has 4 heterocycles. The lowest BCUT2D eigenvalue weighted by Gasteiger charge is -2.32. The molecule has 2 aliphatic rings. The number of hydrogen-bond donors (Lipinski definition) is 1. The van der Waals surface area contributed by atoms with Crippen LogP contribution in [0.5, 0.6) is 0 Å². The summed E-state index contributed by atoms with van der Waals surface area (Å²) < 4.78 is 2.24. The van der Waals surface area contributed by atoms with E-state index in [1.54, 1.807) is 6.33 Å². The minimum atomic E-state index is 0.520. The molecule has 2 aromatic heterocycles. The van der Waals surface area contributed by atoms with Crippen molar-refractivity contribution in [2.45, 2.75) is 31.8 Å². The number of nitrogens with one attached hydrogen (secondary N) is 1. The van der Waals surface area contributed by atoms with Gasteiger partial charge in [-0.3, -0.25) is 9.80 Å². The van der Waals surface area contributed by atoms with Crippen LogP contribution in [0.3, 0.4) is 0 Å². The summed E-state index contributed by atoms with van der Waals surface area (Å²) in [5, 5.41) is 9.08. The summed E-state index contributed by atoms with van der Waals surface area (Å²) in [5.41, 5.74) is 1.19. The van der Waals surface area contributed by atoms with E-state index in [-0.39, 0.29) is 0 Å². The minimum absolute atomic E-state index is 0.520. The zero-order chi connectivity index (χ0) is 17.9. The molecule has 0 atom stereocenters. The summed E-state index contributed by atoms with van der Waals surface area (Å²) in [6.45, 7) is 8.58. The Morgan fingerprint density at radius 3 is 2.38 bits per heavy atom. The second-order valence-electron chi connectivity index (χ2n) is 7.74. The molecule has 2 aliphatic heterocycles. The average Bonchev–Trinajstić information content (AvgIpc) is 3.28. The number of likely N-dealkylation sites (N-methyl/N-ethyl adjacent to an activating group) is 1. The van der Waals surface area contributed by atoms with Crippen molar-refractivity contribution >= 4 is 0 Å². The van der Waals surface area contributed by atoms with E-state index >= 15 is 0 Å². The number of nitrogens with zero attached hydrogens (tertiary/aromatic N) is 7. The molecule has 0 spiro atoms. The zero-order valence-corrected chi connectivity index (χ0v) is 15.9. The fourth-order valence-electron chi connectivity index (χ4n) is 4.04. The molecule has 0 saturated carbocycles. The van der Waals surface area contributed by atoms with E-state index in [0.717, 1.165) is 76.8 Å². The first-order chi connectivity index (χ1) is 12.7. The number of rotatable bonds is 5. The van der Waals surface area contributed by atoms with Gasteiger partial charge in [-0.1, -0.05) is 0 Å². The highest BCUT2D eigenvalue weighted by atomic mass is 15.3. The zero-order valence-electron chi connectivity index (χ0n) is 15.9. The molecule has 4 rings (SSSR count). The van der Waals surface area contributed by atoms with Gasteiger partial charge >= 0.3 is 0 Å². The Hall–Kier alpha value is -1.77. The van der Waals surface area contributed by atoms with Crippen molar-refractivity contribution in [2.24, 2.45) is 7.05 Å². The van der Waals surface area contributed by atoms with E-state index in [4.69, 9.17) is 0 Å². The van der Waals surface area contributed by atoms with Crippen molar-refractivity contribution in [3.8, 4) is 0 Å². The third-order valence-electron chi connectivity index (χ3n) is 5.86. The molecular weight excluding hydrogens is 328 g/mol. The molecular formula is C18H30N8. The first-order valence-electron chi connectivity index (χ1n) is 9.67. The van der Waals surface area contributed by atoms with E-state index in [1.807, 2.05) is 6.20 Å².